The second kappa shape index (κ2) is 6.51. The Morgan fingerprint density at radius 1 is 1.50 bits per heavy atom. The molecule has 1 heterocycles. The summed E-state index contributed by atoms with van der Waals surface area (Å²) in [6.45, 7) is 1.53. The zero-order valence-corrected chi connectivity index (χ0v) is 10.3. The number of nitrogens with two attached hydrogens (primary N) is 1. The highest BCUT2D eigenvalue weighted by atomic mass is 32.2. The highest BCUT2D eigenvalue weighted by Gasteiger charge is 2.29. The highest BCUT2D eigenvalue weighted by molar-refractivity contribution is 7.90. The summed E-state index contributed by atoms with van der Waals surface area (Å²) in [6.07, 6.45) is 1.08. The van der Waals surface area contributed by atoms with Gasteiger partial charge in [0.15, 0.2) is 0 Å². The molecule has 6 nitrogen and oxygen atoms in total. The van der Waals surface area contributed by atoms with Crippen LogP contribution in [0.2, 0.25) is 0 Å². The van der Waals surface area contributed by atoms with Gasteiger partial charge in [0.1, 0.15) is 0 Å². The van der Waals surface area contributed by atoms with Crippen molar-refractivity contribution in [3.8, 4) is 0 Å². The first-order valence-corrected chi connectivity index (χ1v) is 6.92. The van der Waals surface area contributed by atoms with E-state index in [9.17, 15) is 8.42 Å². The van der Waals surface area contributed by atoms with E-state index in [1.54, 1.807) is 0 Å². The minimum Gasteiger partial charge on any atom is -0.383 e. The lowest BCUT2D eigenvalue weighted by molar-refractivity contribution is 0.0979. The molecule has 0 aromatic heterocycles. The Bertz CT molecular complexity index is 288. The van der Waals surface area contributed by atoms with Gasteiger partial charge in [-0.2, -0.15) is 0 Å². The minimum atomic E-state index is -3.31. The predicted octanol–water partition coefficient (Wildman–Crippen LogP) is -0.941. The van der Waals surface area contributed by atoms with Gasteiger partial charge in [-0.25, -0.2) is 13.1 Å². The summed E-state index contributed by atoms with van der Waals surface area (Å²) in [6, 6.07) is -0.349. The number of ether oxygens (including phenoxy) is 2. The molecule has 0 saturated carbocycles. The van der Waals surface area contributed by atoms with Gasteiger partial charge in [-0.1, -0.05) is 0 Å². The van der Waals surface area contributed by atoms with Crippen LogP contribution in [-0.2, 0) is 19.5 Å². The quantitative estimate of drug-likeness (QED) is 0.636. The first-order chi connectivity index (χ1) is 7.60. The van der Waals surface area contributed by atoms with E-state index in [-0.39, 0.29) is 17.8 Å². The van der Waals surface area contributed by atoms with E-state index in [0.717, 1.165) is 0 Å². The standard InChI is InChI=1S/C9H20N2O4S/c1-14-7-8(6-10)11-16(12,13)9-2-4-15-5-3-9/h8-9,11H,2-7,10H2,1H3. The van der Waals surface area contributed by atoms with Gasteiger partial charge in [0.25, 0.3) is 0 Å². The van der Waals surface area contributed by atoms with Crippen LogP contribution in [0, 0.1) is 0 Å². The molecule has 1 atom stereocenters. The van der Waals surface area contributed by atoms with Crippen molar-refractivity contribution in [1.82, 2.24) is 4.72 Å². The van der Waals surface area contributed by atoms with Gasteiger partial charge >= 0.3 is 0 Å². The summed E-state index contributed by atoms with van der Waals surface area (Å²) < 4.78 is 36.5. The molecule has 1 unspecified atom stereocenters. The summed E-state index contributed by atoms with van der Waals surface area (Å²) in [4.78, 5) is 0. The van der Waals surface area contributed by atoms with Gasteiger partial charge in [-0.3, -0.25) is 0 Å². The summed E-state index contributed by atoms with van der Waals surface area (Å²) in [5.41, 5.74) is 5.46. The Morgan fingerprint density at radius 2 is 2.12 bits per heavy atom. The van der Waals surface area contributed by atoms with Crippen molar-refractivity contribution < 1.29 is 17.9 Å². The Labute approximate surface area is 96.5 Å². The van der Waals surface area contributed by atoms with E-state index in [2.05, 4.69) is 4.72 Å². The van der Waals surface area contributed by atoms with Gasteiger partial charge in [0.2, 0.25) is 10.0 Å². The van der Waals surface area contributed by atoms with Crippen molar-refractivity contribution in [2.24, 2.45) is 5.73 Å². The Morgan fingerprint density at radius 3 is 2.62 bits per heavy atom. The number of nitrogens with one attached hydrogen (secondary N) is 1. The van der Waals surface area contributed by atoms with E-state index in [4.69, 9.17) is 15.2 Å². The molecule has 7 heteroatoms. The molecule has 96 valence electrons. The second-order valence-corrected chi connectivity index (χ2v) is 5.85. The van der Waals surface area contributed by atoms with Crippen LogP contribution in [0.25, 0.3) is 0 Å². The van der Waals surface area contributed by atoms with Crippen molar-refractivity contribution in [3.05, 3.63) is 0 Å². The van der Waals surface area contributed by atoms with Crippen LogP contribution in [0.1, 0.15) is 12.8 Å². The fourth-order valence-corrected chi connectivity index (χ4v) is 3.30. The lowest BCUT2D eigenvalue weighted by Crippen LogP contribution is -2.47. The average molecular weight is 252 g/mol. The van der Waals surface area contributed by atoms with Crippen molar-refractivity contribution in [2.45, 2.75) is 24.1 Å². The van der Waals surface area contributed by atoms with Gasteiger partial charge in [-0.05, 0) is 12.8 Å². The molecule has 16 heavy (non-hydrogen) atoms. The van der Waals surface area contributed by atoms with Crippen LogP contribution in [0.15, 0.2) is 0 Å². The molecule has 0 spiro atoms. The maximum absolute atomic E-state index is 12.0. The largest absolute Gasteiger partial charge is 0.383 e. The highest BCUT2D eigenvalue weighted by Crippen LogP contribution is 2.14. The predicted molar refractivity (Wildman–Crippen MR) is 60.6 cm³/mol. The summed E-state index contributed by atoms with van der Waals surface area (Å²) in [5.74, 6) is 0. The van der Waals surface area contributed by atoms with Gasteiger partial charge in [-0.15, -0.1) is 0 Å². The molecule has 0 aromatic rings. The normalized spacial score (nSPS) is 20.9. The molecule has 0 bridgehead atoms. The smallest absolute Gasteiger partial charge is 0.215 e. The van der Waals surface area contributed by atoms with Crippen molar-refractivity contribution in [1.29, 1.82) is 0 Å². The minimum absolute atomic E-state index is 0.232. The third kappa shape index (κ3) is 3.99. The third-order valence-corrected chi connectivity index (χ3v) is 4.60. The van der Waals surface area contributed by atoms with Gasteiger partial charge in [0.05, 0.1) is 17.9 Å². The molecule has 1 aliphatic rings. The number of methoxy groups -OCH3 is 1. The maximum atomic E-state index is 12.0. The molecule has 0 aliphatic carbocycles. The molecule has 1 fully saturated rings. The number of sulfonamides is 1. The van der Waals surface area contributed by atoms with Crippen LogP contribution >= 0.6 is 0 Å². The molecular formula is C9H20N2O4S. The summed E-state index contributed by atoms with van der Waals surface area (Å²) >= 11 is 0. The Balaban J connectivity index is 2.54. The molecule has 0 aromatic carbocycles. The zero-order valence-electron chi connectivity index (χ0n) is 9.52. The van der Waals surface area contributed by atoms with Crippen LogP contribution in [0.3, 0.4) is 0 Å². The SMILES string of the molecule is COCC(CN)NS(=O)(=O)C1CCOCC1. The third-order valence-electron chi connectivity index (χ3n) is 2.59. The molecule has 3 N–H and O–H groups in total. The number of rotatable bonds is 6. The zero-order chi connectivity index (χ0) is 12.0. The van der Waals surface area contributed by atoms with Gasteiger partial charge in [0, 0.05) is 26.9 Å². The van der Waals surface area contributed by atoms with Crippen molar-refractivity contribution in [3.63, 3.8) is 0 Å². The molecule has 1 saturated heterocycles. The van der Waals surface area contributed by atoms with Crippen molar-refractivity contribution in [2.75, 3.05) is 33.5 Å². The molecule has 1 rings (SSSR count). The van der Waals surface area contributed by atoms with Crippen molar-refractivity contribution >= 4 is 10.0 Å². The fraction of sp³-hybridized carbons (Fsp3) is 1.00. The maximum Gasteiger partial charge on any atom is 0.215 e. The van der Waals surface area contributed by atoms with E-state index >= 15 is 0 Å². The number of hydrogen-bond acceptors (Lipinski definition) is 5. The molecule has 1 aliphatic heterocycles. The van der Waals surface area contributed by atoms with Crippen LogP contribution in [-0.4, -0.2) is 53.2 Å². The molecular weight excluding hydrogens is 232 g/mol. The molecule has 0 radical (unpaired) electrons. The van der Waals surface area contributed by atoms with E-state index in [0.29, 0.717) is 32.7 Å². The average Bonchev–Trinajstić information content (AvgIpc) is 2.29. The van der Waals surface area contributed by atoms with Crippen LogP contribution in [0.4, 0.5) is 0 Å². The van der Waals surface area contributed by atoms with E-state index in [1.807, 2.05) is 0 Å². The van der Waals surface area contributed by atoms with Gasteiger partial charge < -0.3 is 15.2 Å². The number of hydrogen-bond donors (Lipinski definition) is 2. The first-order valence-electron chi connectivity index (χ1n) is 5.38. The Hall–Kier alpha value is -0.210. The lowest BCUT2D eigenvalue weighted by atomic mass is 10.2. The first kappa shape index (κ1) is 13.9. The Kier molecular flexibility index (Phi) is 5.63. The van der Waals surface area contributed by atoms with E-state index in [1.165, 1.54) is 7.11 Å². The summed E-state index contributed by atoms with van der Waals surface area (Å²) in [5, 5.41) is -0.368. The monoisotopic (exact) mass is 252 g/mol. The summed E-state index contributed by atoms with van der Waals surface area (Å²) in [7, 11) is -1.79. The van der Waals surface area contributed by atoms with E-state index < -0.39 is 10.0 Å². The van der Waals surface area contributed by atoms with Crippen LogP contribution < -0.4 is 10.5 Å². The lowest BCUT2D eigenvalue weighted by Gasteiger charge is -2.25. The topological polar surface area (TPSA) is 90.6 Å². The fourth-order valence-electron chi connectivity index (χ4n) is 1.67. The second-order valence-electron chi connectivity index (χ2n) is 3.86. The molecule has 0 amide bonds. The van der Waals surface area contributed by atoms with Crippen LogP contribution in [0.5, 0.6) is 0 Å².